The van der Waals surface area contributed by atoms with Crippen LogP contribution in [0.4, 0.5) is 13.2 Å². The third-order valence-electron chi connectivity index (χ3n) is 3.42. The fourth-order valence-corrected chi connectivity index (χ4v) is 2.59. The van der Waals surface area contributed by atoms with Crippen molar-refractivity contribution in [1.82, 2.24) is 14.8 Å². The normalized spacial score (nSPS) is 26.1. The molecule has 1 aromatic heterocycles. The number of nitrogens with zero attached hydrogens (tertiary/aromatic N) is 2. The Morgan fingerprint density at radius 1 is 1.41 bits per heavy atom. The van der Waals surface area contributed by atoms with Crippen LogP contribution in [0.3, 0.4) is 0 Å². The highest BCUT2D eigenvalue weighted by Gasteiger charge is 2.43. The largest absolute Gasteiger partial charge is 0.391 e. The zero-order chi connectivity index (χ0) is 12.6. The van der Waals surface area contributed by atoms with E-state index in [1.165, 1.54) is 0 Å². The molecule has 0 aromatic carbocycles. The molecule has 0 bridgehead atoms. The lowest BCUT2D eigenvalue weighted by atomic mass is 9.80. The first kappa shape index (κ1) is 12.6. The highest BCUT2D eigenvalue weighted by Crippen LogP contribution is 2.42. The smallest absolute Gasteiger partial charge is 0.307 e. The summed E-state index contributed by atoms with van der Waals surface area (Å²) >= 11 is 4.97. The Balaban J connectivity index is 2.18. The van der Waals surface area contributed by atoms with Crippen LogP contribution in [-0.2, 0) is 7.05 Å². The first-order valence-electron chi connectivity index (χ1n) is 5.57. The maximum absolute atomic E-state index is 12.7. The molecule has 1 aromatic rings. The van der Waals surface area contributed by atoms with Crippen molar-refractivity contribution in [3.63, 3.8) is 0 Å². The lowest BCUT2D eigenvalue weighted by Gasteiger charge is -2.29. The number of hydrogen-bond donors (Lipinski definition) is 1. The number of aromatic nitrogens is 3. The van der Waals surface area contributed by atoms with Gasteiger partial charge in [-0.25, -0.2) is 0 Å². The minimum atomic E-state index is -4.09. The fraction of sp³-hybridized carbons (Fsp3) is 0.800. The van der Waals surface area contributed by atoms with E-state index in [-0.39, 0.29) is 18.8 Å². The molecule has 96 valence electrons. The van der Waals surface area contributed by atoms with Crippen LogP contribution in [0.25, 0.3) is 0 Å². The highest BCUT2D eigenvalue weighted by molar-refractivity contribution is 7.71. The second-order valence-electron chi connectivity index (χ2n) is 4.55. The van der Waals surface area contributed by atoms with Gasteiger partial charge < -0.3 is 4.57 Å². The van der Waals surface area contributed by atoms with Gasteiger partial charge in [0.15, 0.2) is 4.77 Å². The molecule has 2 rings (SSSR count). The molecule has 1 N–H and O–H groups in total. The lowest BCUT2D eigenvalue weighted by Crippen LogP contribution is -2.28. The Labute approximate surface area is 102 Å². The predicted molar refractivity (Wildman–Crippen MR) is 59.1 cm³/mol. The van der Waals surface area contributed by atoms with E-state index in [1.807, 2.05) is 0 Å². The number of aromatic amines is 1. The summed E-state index contributed by atoms with van der Waals surface area (Å²) in [5, 5.41) is 6.66. The molecule has 0 saturated heterocycles. The maximum atomic E-state index is 12.7. The van der Waals surface area contributed by atoms with E-state index in [9.17, 15) is 13.2 Å². The van der Waals surface area contributed by atoms with Crippen LogP contribution in [0.15, 0.2) is 0 Å². The van der Waals surface area contributed by atoms with Crippen molar-refractivity contribution in [2.75, 3.05) is 0 Å². The van der Waals surface area contributed by atoms with Gasteiger partial charge in [-0.15, -0.1) is 0 Å². The zero-order valence-electron chi connectivity index (χ0n) is 9.42. The molecule has 0 aliphatic heterocycles. The number of H-pyrrole nitrogens is 1. The number of hydrogen-bond acceptors (Lipinski definition) is 2. The Morgan fingerprint density at radius 2 is 2.12 bits per heavy atom. The standard InChI is InChI=1S/C10H14F3N3S/c1-16-8(14-15-9(16)17)6-3-2-4-7(5-6)10(11,12)13/h6-7H,2-5H2,1H3,(H,15,17). The monoisotopic (exact) mass is 265 g/mol. The number of alkyl halides is 3. The van der Waals surface area contributed by atoms with Gasteiger partial charge in [-0.2, -0.15) is 18.3 Å². The molecular weight excluding hydrogens is 251 g/mol. The van der Waals surface area contributed by atoms with Crippen molar-refractivity contribution in [3.8, 4) is 0 Å². The molecule has 1 fully saturated rings. The molecule has 1 saturated carbocycles. The van der Waals surface area contributed by atoms with Crippen LogP contribution in [0.1, 0.15) is 37.4 Å². The molecule has 0 radical (unpaired) electrons. The van der Waals surface area contributed by atoms with E-state index in [0.717, 1.165) is 6.42 Å². The summed E-state index contributed by atoms with van der Waals surface area (Å²) in [6.07, 6.45) is -2.40. The summed E-state index contributed by atoms with van der Waals surface area (Å²) < 4.78 is 40.2. The van der Waals surface area contributed by atoms with Gasteiger partial charge in [0.1, 0.15) is 5.82 Å². The van der Waals surface area contributed by atoms with Gasteiger partial charge in [0, 0.05) is 13.0 Å². The number of halogens is 3. The molecule has 3 nitrogen and oxygen atoms in total. The second kappa shape index (κ2) is 4.44. The van der Waals surface area contributed by atoms with Crippen LogP contribution in [-0.4, -0.2) is 20.9 Å². The zero-order valence-corrected chi connectivity index (χ0v) is 10.2. The van der Waals surface area contributed by atoms with Crippen molar-refractivity contribution >= 4 is 12.2 Å². The maximum Gasteiger partial charge on any atom is 0.391 e. The van der Waals surface area contributed by atoms with Gasteiger partial charge in [0.2, 0.25) is 0 Å². The molecule has 17 heavy (non-hydrogen) atoms. The van der Waals surface area contributed by atoms with Gasteiger partial charge in [0.25, 0.3) is 0 Å². The predicted octanol–water partition coefficient (Wildman–Crippen LogP) is 3.31. The molecular formula is C10H14F3N3S. The first-order chi connectivity index (χ1) is 7.89. The third kappa shape index (κ3) is 2.53. The van der Waals surface area contributed by atoms with E-state index in [4.69, 9.17) is 12.2 Å². The van der Waals surface area contributed by atoms with Crippen molar-refractivity contribution in [1.29, 1.82) is 0 Å². The summed E-state index contributed by atoms with van der Waals surface area (Å²) in [6, 6.07) is 0. The molecule has 2 atom stereocenters. The summed E-state index contributed by atoms with van der Waals surface area (Å²) in [5.74, 6) is -0.705. The number of nitrogens with one attached hydrogen (secondary N) is 1. The van der Waals surface area contributed by atoms with Crippen LogP contribution in [0, 0.1) is 10.7 Å². The van der Waals surface area contributed by atoms with Gasteiger partial charge in [0.05, 0.1) is 5.92 Å². The minimum Gasteiger partial charge on any atom is -0.307 e. The van der Waals surface area contributed by atoms with E-state index in [2.05, 4.69) is 10.2 Å². The van der Waals surface area contributed by atoms with E-state index in [1.54, 1.807) is 11.6 Å². The summed E-state index contributed by atoms with van der Waals surface area (Å²) in [5.41, 5.74) is 0. The fourth-order valence-electron chi connectivity index (χ4n) is 2.45. The molecule has 0 amide bonds. The third-order valence-corrected chi connectivity index (χ3v) is 3.78. The van der Waals surface area contributed by atoms with Crippen LogP contribution >= 0.6 is 12.2 Å². The Kier molecular flexibility index (Phi) is 3.29. The Hall–Kier alpha value is -0.850. The van der Waals surface area contributed by atoms with Crippen molar-refractivity contribution in [3.05, 3.63) is 10.6 Å². The SMILES string of the molecule is Cn1c(C2CCCC(C(F)(F)F)C2)n[nH]c1=S. The molecule has 1 heterocycles. The molecule has 2 unspecified atom stereocenters. The molecule has 1 aliphatic rings. The molecule has 1 aliphatic carbocycles. The van der Waals surface area contributed by atoms with Gasteiger partial charge >= 0.3 is 6.18 Å². The quantitative estimate of drug-likeness (QED) is 0.790. The molecule has 7 heteroatoms. The first-order valence-corrected chi connectivity index (χ1v) is 5.98. The second-order valence-corrected chi connectivity index (χ2v) is 4.93. The Morgan fingerprint density at radius 3 is 2.65 bits per heavy atom. The summed E-state index contributed by atoms with van der Waals surface area (Å²) in [4.78, 5) is 0. The number of rotatable bonds is 1. The Bertz CT molecular complexity index is 448. The average molecular weight is 265 g/mol. The van der Waals surface area contributed by atoms with Gasteiger partial charge in [-0.3, -0.25) is 5.10 Å². The van der Waals surface area contributed by atoms with Crippen molar-refractivity contribution < 1.29 is 13.2 Å². The van der Waals surface area contributed by atoms with Crippen molar-refractivity contribution in [2.45, 2.75) is 37.8 Å². The van der Waals surface area contributed by atoms with E-state index < -0.39 is 12.1 Å². The van der Waals surface area contributed by atoms with Gasteiger partial charge in [-0.1, -0.05) is 6.42 Å². The average Bonchev–Trinajstić information content (AvgIpc) is 2.59. The summed E-state index contributed by atoms with van der Waals surface area (Å²) in [6.45, 7) is 0. The molecule has 0 spiro atoms. The van der Waals surface area contributed by atoms with Crippen LogP contribution in [0.5, 0.6) is 0 Å². The highest BCUT2D eigenvalue weighted by atomic mass is 32.1. The minimum absolute atomic E-state index is 0.122. The topological polar surface area (TPSA) is 33.6 Å². The van der Waals surface area contributed by atoms with Crippen LogP contribution in [0.2, 0.25) is 0 Å². The van der Waals surface area contributed by atoms with Crippen molar-refractivity contribution in [2.24, 2.45) is 13.0 Å². The van der Waals surface area contributed by atoms with Crippen LogP contribution < -0.4 is 0 Å². The van der Waals surface area contributed by atoms with Gasteiger partial charge in [-0.05, 0) is 31.5 Å². The lowest BCUT2D eigenvalue weighted by molar-refractivity contribution is -0.183. The summed E-state index contributed by atoms with van der Waals surface area (Å²) in [7, 11) is 1.73. The van der Waals surface area contributed by atoms with E-state index >= 15 is 0 Å². The van der Waals surface area contributed by atoms with E-state index in [0.29, 0.717) is 17.0 Å².